The Morgan fingerprint density at radius 3 is 2.31 bits per heavy atom. The minimum absolute atomic E-state index is 0.577. The fraction of sp³-hybridized carbons (Fsp3) is 0.423. The summed E-state index contributed by atoms with van der Waals surface area (Å²) < 4.78 is 13.6. The van der Waals surface area contributed by atoms with Gasteiger partial charge in [0.15, 0.2) is 0 Å². The van der Waals surface area contributed by atoms with Crippen LogP contribution >= 0.6 is 0 Å². The Morgan fingerprint density at radius 1 is 0.943 bits per heavy atom. The fourth-order valence-corrected chi connectivity index (χ4v) is 4.24. The van der Waals surface area contributed by atoms with Crippen LogP contribution in [0, 0.1) is 0 Å². The fourth-order valence-electron chi connectivity index (χ4n) is 4.24. The molecule has 1 N–H and O–H groups in total. The zero-order chi connectivity index (χ0) is 24.7. The minimum Gasteiger partial charge on any atom is -0.347 e. The number of nitrogens with zero attached hydrogens (tertiary/aromatic N) is 6. The first-order valence-corrected chi connectivity index (χ1v) is 12.1. The Bertz CT molecular complexity index is 1200. The largest absolute Gasteiger partial charge is 0.347 e. The first kappa shape index (κ1) is 24.7. The van der Waals surface area contributed by atoms with Crippen LogP contribution in [0.25, 0.3) is 22.5 Å². The van der Waals surface area contributed by atoms with Gasteiger partial charge in [0.05, 0.1) is 0 Å². The highest BCUT2D eigenvalue weighted by atomic mass is 16.7. The van der Waals surface area contributed by atoms with Crippen molar-refractivity contribution in [1.29, 1.82) is 0 Å². The van der Waals surface area contributed by atoms with Crippen LogP contribution in [0.2, 0.25) is 0 Å². The van der Waals surface area contributed by atoms with Gasteiger partial charge in [0.2, 0.25) is 17.4 Å². The summed E-state index contributed by atoms with van der Waals surface area (Å²) in [6.07, 6.45) is 4.34. The third-order valence-electron chi connectivity index (χ3n) is 6.18. The van der Waals surface area contributed by atoms with Gasteiger partial charge in [-0.15, -0.1) is 10.2 Å². The van der Waals surface area contributed by atoms with E-state index in [1.165, 1.54) is 0 Å². The molecule has 0 aliphatic carbocycles. The van der Waals surface area contributed by atoms with Crippen molar-refractivity contribution < 1.29 is 9.47 Å². The highest BCUT2D eigenvalue weighted by molar-refractivity contribution is 5.80. The molecule has 4 rings (SSSR count). The van der Waals surface area contributed by atoms with Crippen LogP contribution in [0.1, 0.15) is 56.7 Å². The molecule has 0 fully saturated rings. The summed E-state index contributed by atoms with van der Waals surface area (Å²) in [7, 11) is 3.31. The van der Waals surface area contributed by atoms with E-state index >= 15 is 0 Å². The van der Waals surface area contributed by atoms with E-state index in [0.29, 0.717) is 24.5 Å². The molecule has 0 amide bonds. The Morgan fingerprint density at radius 2 is 1.69 bits per heavy atom. The molecule has 0 unspecified atom stereocenters. The quantitative estimate of drug-likeness (QED) is 0.295. The molecule has 0 saturated carbocycles. The van der Waals surface area contributed by atoms with Crippen LogP contribution in [-0.2, 0) is 28.2 Å². The molecule has 9 nitrogen and oxygen atoms in total. The number of aromatic nitrogens is 7. The number of rotatable bonds is 12. The van der Waals surface area contributed by atoms with Crippen LogP contribution in [-0.4, -0.2) is 49.6 Å². The van der Waals surface area contributed by atoms with E-state index < -0.39 is 5.79 Å². The predicted octanol–water partition coefficient (Wildman–Crippen LogP) is 4.76. The van der Waals surface area contributed by atoms with E-state index in [4.69, 9.17) is 19.6 Å². The first-order valence-electron chi connectivity index (χ1n) is 12.1. The summed E-state index contributed by atoms with van der Waals surface area (Å²) in [5.41, 5.74) is 4.22. The number of benzene rings is 2. The molecular weight excluding hydrogens is 442 g/mol. The van der Waals surface area contributed by atoms with Crippen molar-refractivity contribution in [2.75, 3.05) is 14.2 Å². The summed E-state index contributed by atoms with van der Waals surface area (Å²) in [6.45, 7) is 5.07. The average Bonchev–Trinajstić information content (AvgIpc) is 3.57. The molecule has 35 heavy (non-hydrogen) atoms. The van der Waals surface area contributed by atoms with Crippen LogP contribution in [0.15, 0.2) is 48.5 Å². The second-order valence-corrected chi connectivity index (χ2v) is 8.49. The Balaban J connectivity index is 1.61. The van der Waals surface area contributed by atoms with Gasteiger partial charge in [-0.2, -0.15) is 10.3 Å². The lowest BCUT2D eigenvalue weighted by Gasteiger charge is -2.27. The Hall–Kier alpha value is -3.43. The first-order chi connectivity index (χ1) is 17.1. The number of aromatic amines is 1. The minimum atomic E-state index is -0.924. The lowest BCUT2D eigenvalue weighted by molar-refractivity contribution is -0.226. The summed E-state index contributed by atoms with van der Waals surface area (Å²) >= 11 is 0. The van der Waals surface area contributed by atoms with Gasteiger partial charge in [-0.25, -0.2) is 9.67 Å². The highest BCUT2D eigenvalue weighted by Crippen LogP contribution is 2.31. The van der Waals surface area contributed by atoms with Gasteiger partial charge in [0.1, 0.15) is 5.82 Å². The van der Waals surface area contributed by atoms with Crippen molar-refractivity contribution in [3.8, 4) is 22.5 Å². The number of hydrogen-bond donors (Lipinski definition) is 1. The van der Waals surface area contributed by atoms with Crippen molar-refractivity contribution in [2.24, 2.45) is 0 Å². The van der Waals surface area contributed by atoms with E-state index in [1.54, 1.807) is 14.2 Å². The molecule has 184 valence electrons. The van der Waals surface area contributed by atoms with Crippen molar-refractivity contribution in [2.45, 2.75) is 58.3 Å². The second kappa shape index (κ2) is 11.3. The van der Waals surface area contributed by atoms with Crippen LogP contribution < -0.4 is 0 Å². The van der Waals surface area contributed by atoms with Crippen LogP contribution in [0.4, 0.5) is 0 Å². The van der Waals surface area contributed by atoms with E-state index in [-0.39, 0.29) is 0 Å². The number of unbranched alkanes of at least 4 members (excludes halogenated alkanes) is 1. The van der Waals surface area contributed by atoms with Gasteiger partial charge < -0.3 is 9.47 Å². The van der Waals surface area contributed by atoms with Crippen molar-refractivity contribution in [3.63, 3.8) is 0 Å². The monoisotopic (exact) mass is 475 g/mol. The lowest BCUT2D eigenvalue weighted by Crippen LogP contribution is -2.32. The number of methoxy groups -OCH3 is 2. The Labute approximate surface area is 205 Å². The maximum absolute atomic E-state index is 5.80. The summed E-state index contributed by atoms with van der Waals surface area (Å²) in [5, 5.41) is 19.3. The zero-order valence-corrected chi connectivity index (χ0v) is 20.9. The number of H-pyrrole nitrogens is 1. The number of hydrogen-bond acceptors (Lipinski definition) is 7. The van der Waals surface area contributed by atoms with Gasteiger partial charge in [-0.1, -0.05) is 68.8 Å². The normalized spacial score (nSPS) is 11.8. The van der Waals surface area contributed by atoms with Crippen LogP contribution in [0.5, 0.6) is 0 Å². The number of nitrogens with one attached hydrogen (secondary N) is 1. The summed E-state index contributed by atoms with van der Waals surface area (Å²) in [6, 6.07) is 16.5. The molecular formula is C26H33N7O2. The van der Waals surface area contributed by atoms with Crippen molar-refractivity contribution in [1.82, 2.24) is 35.4 Å². The van der Waals surface area contributed by atoms with Gasteiger partial charge in [0.25, 0.3) is 0 Å². The molecule has 2 aromatic carbocycles. The topological polar surface area (TPSA) is 104 Å². The number of tetrazole rings is 1. The highest BCUT2D eigenvalue weighted by Gasteiger charge is 2.37. The number of aryl methyl sites for hydroxylation is 1. The van der Waals surface area contributed by atoms with E-state index in [2.05, 4.69) is 64.8 Å². The molecule has 2 heterocycles. The van der Waals surface area contributed by atoms with Gasteiger partial charge in [-0.3, -0.25) is 0 Å². The maximum atomic E-state index is 5.80. The predicted molar refractivity (Wildman–Crippen MR) is 133 cm³/mol. The molecule has 0 saturated heterocycles. The van der Waals surface area contributed by atoms with E-state index in [9.17, 15) is 0 Å². The summed E-state index contributed by atoms with van der Waals surface area (Å²) in [5.74, 6) is 1.14. The zero-order valence-electron chi connectivity index (χ0n) is 20.9. The molecule has 4 aromatic rings. The standard InChI is InChI=1S/C26H33N7O2/c1-5-7-16-26(34-3,35-4)25-27-23(33(30-25)17-6-2)18-19-12-14-20(15-13-19)21-10-8-9-11-22(21)24-28-31-32-29-24/h8-15H,5-7,16-18H2,1-4H3,(H,28,29,31,32). The van der Waals surface area contributed by atoms with Gasteiger partial charge >= 0.3 is 0 Å². The van der Waals surface area contributed by atoms with E-state index in [1.807, 2.05) is 22.9 Å². The molecule has 2 aromatic heterocycles. The molecule has 0 radical (unpaired) electrons. The summed E-state index contributed by atoms with van der Waals surface area (Å²) in [4.78, 5) is 4.89. The van der Waals surface area contributed by atoms with Crippen LogP contribution in [0.3, 0.4) is 0 Å². The second-order valence-electron chi connectivity index (χ2n) is 8.49. The molecule has 0 atom stereocenters. The number of ether oxygens (including phenoxy) is 2. The molecule has 0 aliphatic rings. The maximum Gasteiger partial charge on any atom is 0.231 e. The molecule has 0 bridgehead atoms. The molecule has 0 spiro atoms. The van der Waals surface area contributed by atoms with Crippen molar-refractivity contribution >= 4 is 0 Å². The third-order valence-corrected chi connectivity index (χ3v) is 6.18. The van der Waals surface area contributed by atoms with Crippen molar-refractivity contribution in [3.05, 3.63) is 65.7 Å². The Kier molecular flexibility index (Phi) is 7.99. The van der Waals surface area contributed by atoms with E-state index in [0.717, 1.165) is 53.9 Å². The third kappa shape index (κ3) is 5.31. The van der Waals surface area contributed by atoms with Gasteiger partial charge in [-0.05, 0) is 34.7 Å². The molecule has 0 aliphatic heterocycles. The van der Waals surface area contributed by atoms with Gasteiger partial charge in [0, 0.05) is 39.2 Å². The molecule has 9 heteroatoms. The SMILES string of the molecule is CCCCC(OC)(OC)c1nc(Cc2ccc(-c3ccccc3-c3nn[nH]n3)cc2)n(CCC)n1. The lowest BCUT2D eigenvalue weighted by atomic mass is 9.98. The average molecular weight is 476 g/mol. The smallest absolute Gasteiger partial charge is 0.231 e.